The van der Waals surface area contributed by atoms with Gasteiger partial charge in [0.2, 0.25) is 11.8 Å². The molecule has 236 valence electrons. The third-order valence-electron chi connectivity index (χ3n) is 7.36. The Balaban J connectivity index is 1.82. The lowest BCUT2D eigenvalue weighted by Crippen LogP contribution is -2.53. The number of carbonyl (C=O) groups excluding carboxylic acids is 2. The van der Waals surface area contributed by atoms with E-state index in [-0.39, 0.29) is 29.3 Å². The summed E-state index contributed by atoms with van der Waals surface area (Å²) in [5.74, 6) is -1.42. The summed E-state index contributed by atoms with van der Waals surface area (Å²) < 4.78 is 44.3. The van der Waals surface area contributed by atoms with Gasteiger partial charge in [0.1, 0.15) is 18.4 Å². The lowest BCUT2D eigenvalue weighted by molar-refractivity contribution is -0.140. The van der Waals surface area contributed by atoms with E-state index in [1.54, 1.807) is 48.5 Å². The van der Waals surface area contributed by atoms with Crippen LogP contribution in [0, 0.1) is 25.6 Å². The van der Waals surface area contributed by atoms with Crippen LogP contribution in [0.1, 0.15) is 36.1 Å². The smallest absolute Gasteiger partial charge is 0.264 e. The molecular formula is C36H40FN3O4S. The molecule has 0 heterocycles. The molecule has 4 rings (SSSR count). The van der Waals surface area contributed by atoms with Gasteiger partial charge in [-0.1, -0.05) is 86.6 Å². The van der Waals surface area contributed by atoms with E-state index in [2.05, 4.69) is 5.32 Å². The molecule has 0 fully saturated rings. The standard InChI is InChI=1S/C36H40FN3O4S/c1-26(2)23-38-36(42)34(22-29-13-7-5-8-14-29)39(24-30-15-11-12-18-33(30)37)35(41)25-40(31-20-27(3)19-28(4)21-31)45(43,44)32-16-9-6-10-17-32/h5-21,26,34H,22-25H2,1-4H3,(H,38,42). The highest BCUT2D eigenvalue weighted by atomic mass is 32.2. The molecule has 1 N–H and O–H groups in total. The zero-order valence-corrected chi connectivity index (χ0v) is 26.9. The molecule has 0 aliphatic rings. The number of aryl methyl sites for hydroxylation is 2. The molecule has 0 saturated heterocycles. The Kier molecular flexibility index (Phi) is 11.1. The Bertz CT molecular complexity index is 1690. The number of halogens is 1. The minimum Gasteiger partial charge on any atom is -0.354 e. The third kappa shape index (κ3) is 8.79. The normalized spacial score (nSPS) is 12.0. The molecule has 7 nitrogen and oxygen atoms in total. The SMILES string of the molecule is Cc1cc(C)cc(N(CC(=O)N(Cc2ccccc2F)C(Cc2ccccc2)C(=O)NCC(C)C)S(=O)(=O)c2ccccc2)c1. The van der Waals surface area contributed by atoms with Gasteiger partial charge in [-0.15, -0.1) is 0 Å². The first-order valence-corrected chi connectivity index (χ1v) is 16.4. The Hall–Kier alpha value is -4.50. The lowest BCUT2D eigenvalue weighted by atomic mass is 10.0. The quantitative estimate of drug-likeness (QED) is 0.195. The van der Waals surface area contributed by atoms with E-state index in [0.29, 0.717) is 12.2 Å². The molecule has 9 heteroatoms. The summed E-state index contributed by atoms with van der Waals surface area (Å²) in [5, 5.41) is 2.94. The zero-order valence-electron chi connectivity index (χ0n) is 26.1. The number of carbonyl (C=O) groups is 2. The Morgan fingerprint density at radius 2 is 1.40 bits per heavy atom. The van der Waals surface area contributed by atoms with E-state index in [0.717, 1.165) is 21.0 Å². The minimum atomic E-state index is -4.21. The largest absolute Gasteiger partial charge is 0.354 e. The monoisotopic (exact) mass is 629 g/mol. The van der Waals surface area contributed by atoms with Crippen LogP contribution in [-0.2, 0) is 32.6 Å². The fraction of sp³-hybridized carbons (Fsp3) is 0.278. The summed E-state index contributed by atoms with van der Waals surface area (Å²) in [6, 6.07) is 27.5. The first-order chi connectivity index (χ1) is 21.5. The van der Waals surface area contributed by atoms with Gasteiger partial charge in [0.25, 0.3) is 10.0 Å². The van der Waals surface area contributed by atoms with Crippen LogP contribution >= 0.6 is 0 Å². The molecular weight excluding hydrogens is 589 g/mol. The number of nitrogens with zero attached hydrogens (tertiary/aromatic N) is 2. The summed E-state index contributed by atoms with van der Waals surface area (Å²) in [7, 11) is -4.21. The van der Waals surface area contributed by atoms with Crippen molar-refractivity contribution in [1.29, 1.82) is 0 Å². The third-order valence-corrected chi connectivity index (χ3v) is 9.15. The molecule has 0 radical (unpaired) electrons. The number of benzene rings is 4. The Morgan fingerprint density at radius 3 is 2.00 bits per heavy atom. The number of nitrogens with one attached hydrogen (secondary N) is 1. The van der Waals surface area contributed by atoms with Crippen molar-refractivity contribution in [2.45, 2.75) is 51.6 Å². The number of hydrogen-bond donors (Lipinski definition) is 1. The molecule has 45 heavy (non-hydrogen) atoms. The predicted molar refractivity (Wildman–Crippen MR) is 176 cm³/mol. The molecule has 0 saturated carbocycles. The highest BCUT2D eigenvalue weighted by molar-refractivity contribution is 7.92. The van der Waals surface area contributed by atoms with E-state index < -0.39 is 40.2 Å². The minimum absolute atomic E-state index is 0.0214. The number of rotatable bonds is 13. The van der Waals surface area contributed by atoms with Gasteiger partial charge in [-0.3, -0.25) is 13.9 Å². The van der Waals surface area contributed by atoms with Crippen molar-refractivity contribution >= 4 is 27.5 Å². The number of hydrogen-bond acceptors (Lipinski definition) is 4. The van der Waals surface area contributed by atoms with Crippen molar-refractivity contribution < 1.29 is 22.4 Å². The van der Waals surface area contributed by atoms with Crippen molar-refractivity contribution in [2.24, 2.45) is 5.92 Å². The summed E-state index contributed by atoms with van der Waals surface area (Å²) in [6.07, 6.45) is 0.153. The van der Waals surface area contributed by atoms with Crippen LogP contribution in [0.4, 0.5) is 10.1 Å². The second kappa shape index (κ2) is 15.0. The van der Waals surface area contributed by atoms with Gasteiger partial charge in [-0.2, -0.15) is 0 Å². The highest BCUT2D eigenvalue weighted by Crippen LogP contribution is 2.27. The number of sulfonamides is 1. The van der Waals surface area contributed by atoms with E-state index in [1.807, 2.05) is 64.1 Å². The van der Waals surface area contributed by atoms with Crippen molar-refractivity contribution in [2.75, 3.05) is 17.4 Å². The summed E-state index contributed by atoms with van der Waals surface area (Å²) in [5.41, 5.74) is 2.98. The van der Waals surface area contributed by atoms with Crippen molar-refractivity contribution in [1.82, 2.24) is 10.2 Å². The second-order valence-corrected chi connectivity index (χ2v) is 13.5. The Morgan fingerprint density at radius 1 is 0.822 bits per heavy atom. The molecule has 0 aliphatic heterocycles. The van der Waals surface area contributed by atoms with Gasteiger partial charge < -0.3 is 10.2 Å². The molecule has 0 bridgehead atoms. The maximum atomic E-state index is 15.0. The highest BCUT2D eigenvalue weighted by Gasteiger charge is 2.35. The molecule has 0 aliphatic carbocycles. The van der Waals surface area contributed by atoms with Crippen molar-refractivity contribution in [3.8, 4) is 0 Å². The average Bonchev–Trinajstić information content (AvgIpc) is 3.01. The molecule has 2 amide bonds. The Labute approximate surface area is 265 Å². The molecule has 0 spiro atoms. The number of amides is 2. The van der Waals surface area contributed by atoms with Crippen LogP contribution in [0.25, 0.3) is 0 Å². The van der Waals surface area contributed by atoms with Gasteiger partial charge in [-0.05, 0) is 66.8 Å². The maximum absolute atomic E-state index is 15.0. The van der Waals surface area contributed by atoms with Crippen LogP contribution in [0.15, 0.2) is 108 Å². The van der Waals surface area contributed by atoms with Crippen LogP contribution in [0.3, 0.4) is 0 Å². The number of anilines is 1. The second-order valence-electron chi connectivity index (χ2n) is 11.6. The van der Waals surface area contributed by atoms with Gasteiger partial charge in [-0.25, -0.2) is 12.8 Å². The van der Waals surface area contributed by atoms with Crippen molar-refractivity contribution in [3.63, 3.8) is 0 Å². The molecule has 4 aromatic rings. The molecule has 0 aromatic heterocycles. The topological polar surface area (TPSA) is 86.8 Å². The van der Waals surface area contributed by atoms with E-state index in [1.165, 1.54) is 23.1 Å². The molecule has 1 atom stereocenters. The average molecular weight is 630 g/mol. The van der Waals surface area contributed by atoms with Gasteiger partial charge in [0.05, 0.1) is 10.6 Å². The van der Waals surface area contributed by atoms with E-state index in [9.17, 15) is 18.0 Å². The van der Waals surface area contributed by atoms with E-state index in [4.69, 9.17) is 0 Å². The maximum Gasteiger partial charge on any atom is 0.264 e. The fourth-order valence-corrected chi connectivity index (χ4v) is 6.55. The van der Waals surface area contributed by atoms with Gasteiger partial charge >= 0.3 is 0 Å². The van der Waals surface area contributed by atoms with Gasteiger partial charge in [0, 0.05) is 25.1 Å². The van der Waals surface area contributed by atoms with Crippen LogP contribution < -0.4 is 9.62 Å². The van der Waals surface area contributed by atoms with Crippen molar-refractivity contribution in [3.05, 3.63) is 131 Å². The van der Waals surface area contributed by atoms with E-state index >= 15 is 4.39 Å². The summed E-state index contributed by atoms with van der Waals surface area (Å²) in [4.78, 5) is 29.6. The molecule has 1 unspecified atom stereocenters. The first-order valence-electron chi connectivity index (χ1n) is 15.0. The summed E-state index contributed by atoms with van der Waals surface area (Å²) >= 11 is 0. The molecule has 4 aromatic carbocycles. The lowest BCUT2D eigenvalue weighted by Gasteiger charge is -2.34. The van der Waals surface area contributed by atoms with Crippen LogP contribution in [0.2, 0.25) is 0 Å². The first kappa shape index (κ1) is 33.4. The van der Waals surface area contributed by atoms with Gasteiger partial charge in [0.15, 0.2) is 0 Å². The summed E-state index contributed by atoms with van der Waals surface area (Å²) in [6.45, 7) is 7.18. The van der Waals surface area contributed by atoms with Crippen LogP contribution in [-0.4, -0.2) is 44.3 Å². The zero-order chi connectivity index (χ0) is 32.6. The predicted octanol–water partition coefficient (Wildman–Crippen LogP) is 6.05. The van der Waals surface area contributed by atoms with Crippen LogP contribution in [0.5, 0.6) is 0 Å². The fourth-order valence-electron chi connectivity index (χ4n) is 5.13.